The molecule has 86 valence electrons. The van der Waals surface area contributed by atoms with Gasteiger partial charge in [-0.1, -0.05) is 13.5 Å². The number of amides is 1. The second-order valence-electron chi connectivity index (χ2n) is 3.61. The minimum atomic E-state index is -0.160. The lowest BCUT2D eigenvalue weighted by atomic mass is 10.1. The van der Waals surface area contributed by atoms with Crippen LogP contribution in [0, 0.1) is 0 Å². The average Bonchev–Trinajstić information content (AvgIpc) is 2.28. The number of methoxy groups -OCH3 is 1. The third-order valence-corrected chi connectivity index (χ3v) is 2.31. The standard InChI is InChI=1S/C13H17NO2/c1-5-10-8-11(6-7-12(10)16-4)14-13(15)9(2)3/h6-8H,2,5H2,1,3-4H3,(H,14,15). The van der Waals surface area contributed by atoms with Crippen molar-refractivity contribution in [1.82, 2.24) is 0 Å². The van der Waals surface area contributed by atoms with E-state index in [1.54, 1.807) is 14.0 Å². The summed E-state index contributed by atoms with van der Waals surface area (Å²) in [6.07, 6.45) is 0.861. The molecule has 1 aromatic rings. The van der Waals surface area contributed by atoms with E-state index in [1.807, 2.05) is 25.1 Å². The molecule has 0 aliphatic carbocycles. The van der Waals surface area contributed by atoms with Gasteiger partial charge in [0.05, 0.1) is 7.11 Å². The van der Waals surface area contributed by atoms with Crippen molar-refractivity contribution >= 4 is 11.6 Å². The van der Waals surface area contributed by atoms with Crippen LogP contribution in [0.5, 0.6) is 5.75 Å². The van der Waals surface area contributed by atoms with Crippen LogP contribution in [0.2, 0.25) is 0 Å². The number of carbonyl (C=O) groups excluding carboxylic acids is 1. The molecule has 0 aliphatic rings. The van der Waals surface area contributed by atoms with Crippen LogP contribution in [-0.4, -0.2) is 13.0 Å². The summed E-state index contributed by atoms with van der Waals surface area (Å²) in [6, 6.07) is 5.59. The van der Waals surface area contributed by atoms with Crippen LogP contribution >= 0.6 is 0 Å². The number of aryl methyl sites for hydroxylation is 1. The summed E-state index contributed by atoms with van der Waals surface area (Å²) in [4.78, 5) is 11.4. The van der Waals surface area contributed by atoms with Crippen molar-refractivity contribution in [2.75, 3.05) is 12.4 Å². The van der Waals surface area contributed by atoms with Crippen LogP contribution < -0.4 is 10.1 Å². The molecule has 1 amide bonds. The number of benzene rings is 1. The Hall–Kier alpha value is -1.77. The van der Waals surface area contributed by atoms with Crippen molar-refractivity contribution in [3.05, 3.63) is 35.9 Å². The smallest absolute Gasteiger partial charge is 0.250 e. The third kappa shape index (κ3) is 2.86. The van der Waals surface area contributed by atoms with Gasteiger partial charge in [-0.25, -0.2) is 0 Å². The number of hydrogen-bond acceptors (Lipinski definition) is 2. The van der Waals surface area contributed by atoms with E-state index in [-0.39, 0.29) is 5.91 Å². The van der Waals surface area contributed by atoms with Gasteiger partial charge in [0.25, 0.3) is 5.91 Å². The molecule has 1 N–H and O–H groups in total. The van der Waals surface area contributed by atoms with Crippen molar-refractivity contribution < 1.29 is 9.53 Å². The lowest BCUT2D eigenvalue weighted by molar-refractivity contribution is -0.112. The van der Waals surface area contributed by atoms with E-state index in [0.29, 0.717) is 5.57 Å². The molecule has 0 atom stereocenters. The normalized spacial score (nSPS) is 9.69. The third-order valence-electron chi connectivity index (χ3n) is 2.31. The molecule has 3 nitrogen and oxygen atoms in total. The molecule has 0 saturated heterocycles. The highest BCUT2D eigenvalue weighted by Crippen LogP contribution is 2.23. The van der Waals surface area contributed by atoms with Crippen LogP contribution in [0.3, 0.4) is 0 Å². The molecular weight excluding hydrogens is 202 g/mol. The van der Waals surface area contributed by atoms with Gasteiger partial charge in [0.15, 0.2) is 0 Å². The van der Waals surface area contributed by atoms with E-state index in [2.05, 4.69) is 11.9 Å². The summed E-state index contributed by atoms with van der Waals surface area (Å²) in [5.74, 6) is 0.683. The fourth-order valence-corrected chi connectivity index (χ4v) is 1.37. The van der Waals surface area contributed by atoms with Gasteiger partial charge in [-0.05, 0) is 37.1 Å². The van der Waals surface area contributed by atoms with Crippen LogP contribution in [0.15, 0.2) is 30.4 Å². The first-order valence-electron chi connectivity index (χ1n) is 5.22. The zero-order chi connectivity index (χ0) is 12.1. The predicted octanol–water partition coefficient (Wildman–Crippen LogP) is 2.77. The Morgan fingerprint density at radius 2 is 2.19 bits per heavy atom. The second-order valence-corrected chi connectivity index (χ2v) is 3.61. The van der Waals surface area contributed by atoms with E-state index < -0.39 is 0 Å². The van der Waals surface area contributed by atoms with Crippen molar-refractivity contribution in [1.29, 1.82) is 0 Å². The fourth-order valence-electron chi connectivity index (χ4n) is 1.37. The molecular formula is C13H17NO2. The fraction of sp³-hybridized carbons (Fsp3) is 0.308. The van der Waals surface area contributed by atoms with Crippen molar-refractivity contribution in [3.63, 3.8) is 0 Å². The number of hydrogen-bond donors (Lipinski definition) is 1. The van der Waals surface area contributed by atoms with Crippen LogP contribution in [-0.2, 0) is 11.2 Å². The van der Waals surface area contributed by atoms with Crippen LogP contribution in [0.25, 0.3) is 0 Å². The summed E-state index contributed by atoms with van der Waals surface area (Å²) in [5, 5.41) is 2.77. The highest BCUT2D eigenvalue weighted by atomic mass is 16.5. The maximum atomic E-state index is 11.4. The molecule has 0 radical (unpaired) electrons. The van der Waals surface area contributed by atoms with E-state index in [0.717, 1.165) is 23.4 Å². The van der Waals surface area contributed by atoms with E-state index in [4.69, 9.17) is 4.74 Å². The topological polar surface area (TPSA) is 38.3 Å². The van der Waals surface area contributed by atoms with Crippen LogP contribution in [0.4, 0.5) is 5.69 Å². The summed E-state index contributed by atoms with van der Waals surface area (Å²) < 4.78 is 5.21. The molecule has 1 aromatic carbocycles. The summed E-state index contributed by atoms with van der Waals surface area (Å²) in [6.45, 7) is 7.31. The van der Waals surface area contributed by atoms with Crippen molar-refractivity contribution in [2.45, 2.75) is 20.3 Å². The van der Waals surface area contributed by atoms with Gasteiger partial charge in [-0.15, -0.1) is 0 Å². The summed E-state index contributed by atoms with van der Waals surface area (Å²) in [5.41, 5.74) is 2.33. The Morgan fingerprint density at radius 1 is 1.50 bits per heavy atom. The molecule has 1 rings (SSSR count). The molecule has 0 heterocycles. The summed E-state index contributed by atoms with van der Waals surface area (Å²) in [7, 11) is 1.64. The first kappa shape index (κ1) is 12.3. The Morgan fingerprint density at radius 3 is 2.69 bits per heavy atom. The van der Waals surface area contributed by atoms with Crippen molar-refractivity contribution in [3.8, 4) is 5.75 Å². The maximum Gasteiger partial charge on any atom is 0.250 e. The van der Waals surface area contributed by atoms with Crippen molar-refractivity contribution in [2.24, 2.45) is 0 Å². The minimum absolute atomic E-state index is 0.160. The molecule has 0 aromatic heterocycles. The molecule has 0 saturated carbocycles. The summed E-state index contributed by atoms with van der Waals surface area (Å²) >= 11 is 0. The first-order valence-corrected chi connectivity index (χ1v) is 5.22. The van der Waals surface area contributed by atoms with E-state index in [9.17, 15) is 4.79 Å². The number of ether oxygens (including phenoxy) is 1. The molecule has 16 heavy (non-hydrogen) atoms. The van der Waals surface area contributed by atoms with E-state index >= 15 is 0 Å². The first-order chi connectivity index (χ1) is 7.58. The molecule has 0 bridgehead atoms. The SMILES string of the molecule is C=C(C)C(=O)Nc1ccc(OC)c(CC)c1. The second kappa shape index (κ2) is 5.35. The van der Waals surface area contributed by atoms with Gasteiger partial charge in [-0.2, -0.15) is 0 Å². The zero-order valence-corrected chi connectivity index (χ0v) is 9.96. The molecule has 0 unspecified atom stereocenters. The van der Waals surface area contributed by atoms with Gasteiger partial charge >= 0.3 is 0 Å². The number of carbonyl (C=O) groups is 1. The Kier molecular flexibility index (Phi) is 4.11. The Bertz CT molecular complexity index is 410. The van der Waals surface area contributed by atoms with Crippen LogP contribution in [0.1, 0.15) is 19.4 Å². The Labute approximate surface area is 96.1 Å². The molecule has 0 spiro atoms. The monoisotopic (exact) mass is 219 g/mol. The lowest BCUT2D eigenvalue weighted by Gasteiger charge is -2.10. The molecule has 3 heteroatoms. The highest BCUT2D eigenvalue weighted by molar-refractivity contribution is 6.02. The number of nitrogens with one attached hydrogen (secondary N) is 1. The average molecular weight is 219 g/mol. The maximum absolute atomic E-state index is 11.4. The van der Waals surface area contributed by atoms with Gasteiger partial charge in [0, 0.05) is 11.3 Å². The van der Waals surface area contributed by atoms with Gasteiger partial charge in [0.2, 0.25) is 0 Å². The Balaban J connectivity index is 2.91. The minimum Gasteiger partial charge on any atom is -0.496 e. The number of anilines is 1. The quantitative estimate of drug-likeness (QED) is 0.791. The molecule has 0 fully saturated rings. The lowest BCUT2D eigenvalue weighted by Crippen LogP contribution is -2.12. The van der Waals surface area contributed by atoms with Gasteiger partial charge < -0.3 is 10.1 Å². The van der Waals surface area contributed by atoms with Gasteiger partial charge in [-0.3, -0.25) is 4.79 Å². The van der Waals surface area contributed by atoms with E-state index in [1.165, 1.54) is 0 Å². The predicted molar refractivity (Wildman–Crippen MR) is 65.8 cm³/mol. The molecule has 0 aliphatic heterocycles. The largest absolute Gasteiger partial charge is 0.496 e. The highest BCUT2D eigenvalue weighted by Gasteiger charge is 2.05. The number of rotatable bonds is 4. The zero-order valence-electron chi connectivity index (χ0n) is 9.96. The van der Waals surface area contributed by atoms with Gasteiger partial charge in [0.1, 0.15) is 5.75 Å².